The number of ether oxygens (including phenoxy) is 2. The van der Waals surface area contributed by atoms with Gasteiger partial charge in [0.25, 0.3) is 5.91 Å². The maximum Gasteiger partial charge on any atom is 0.254 e. The van der Waals surface area contributed by atoms with Crippen LogP contribution < -0.4 is 10.1 Å². The van der Waals surface area contributed by atoms with Gasteiger partial charge in [-0.05, 0) is 72.8 Å². The molecule has 3 aromatic carbocycles. The normalized spacial score (nSPS) is 10.7. The maximum absolute atomic E-state index is 13.5. The van der Waals surface area contributed by atoms with Crippen LogP contribution >= 0.6 is 11.6 Å². The third-order valence-electron chi connectivity index (χ3n) is 5.73. The number of nitrogens with one attached hydrogen (secondary N) is 1. The molecule has 0 saturated carbocycles. The molecule has 1 heterocycles. The lowest BCUT2D eigenvalue weighted by Crippen LogP contribution is -2.40. The lowest BCUT2D eigenvalue weighted by atomic mass is 10.2. The van der Waals surface area contributed by atoms with Crippen molar-refractivity contribution in [2.24, 2.45) is 0 Å². The molecule has 0 saturated heterocycles. The van der Waals surface area contributed by atoms with Crippen LogP contribution in [0.2, 0.25) is 5.02 Å². The van der Waals surface area contributed by atoms with Gasteiger partial charge in [-0.1, -0.05) is 11.6 Å². The fourth-order valence-electron chi connectivity index (χ4n) is 3.73. The number of hydrogen-bond acceptors (Lipinski definition) is 5. The Morgan fingerprint density at radius 2 is 1.68 bits per heavy atom. The van der Waals surface area contributed by atoms with Gasteiger partial charge in [-0.2, -0.15) is 0 Å². The monoisotopic (exact) mass is 536 g/mol. The fourth-order valence-corrected chi connectivity index (χ4v) is 3.86. The van der Waals surface area contributed by atoms with Crippen molar-refractivity contribution in [2.45, 2.75) is 0 Å². The van der Waals surface area contributed by atoms with Crippen LogP contribution in [-0.2, 0) is 9.53 Å². The molecule has 4 rings (SSSR count). The van der Waals surface area contributed by atoms with E-state index in [-0.39, 0.29) is 37.4 Å². The van der Waals surface area contributed by atoms with Gasteiger partial charge in [-0.3, -0.25) is 19.5 Å². The standard InChI is InChI=1S/C28H26ClFN4O4/c1-37-16-15-33(27(36)20-3-7-21(29)8-4-20)18-26(35)32-28-31-25(19-5-9-22(30)10-6-19)17-34(28)23-11-13-24(38-2)14-12-23/h3-14,17H,15-16,18H2,1-2H3,(H,31,32,35). The Hall–Kier alpha value is -4.21. The zero-order valence-electron chi connectivity index (χ0n) is 20.9. The number of aromatic nitrogens is 2. The summed E-state index contributed by atoms with van der Waals surface area (Å²) < 4.78 is 25.6. The fraction of sp³-hybridized carbons (Fsp3) is 0.179. The molecular formula is C28H26ClFN4O4. The summed E-state index contributed by atoms with van der Waals surface area (Å²) in [6, 6.07) is 19.6. The highest BCUT2D eigenvalue weighted by Gasteiger charge is 2.21. The SMILES string of the molecule is COCCN(CC(=O)Nc1nc(-c2ccc(F)cc2)cn1-c1ccc(OC)cc1)C(=O)c1ccc(Cl)cc1. The number of halogens is 2. The van der Waals surface area contributed by atoms with Crippen LogP contribution in [0.1, 0.15) is 10.4 Å². The molecule has 0 bridgehead atoms. The van der Waals surface area contributed by atoms with Crippen molar-refractivity contribution in [1.82, 2.24) is 14.5 Å². The Morgan fingerprint density at radius 3 is 2.32 bits per heavy atom. The van der Waals surface area contributed by atoms with E-state index < -0.39 is 5.91 Å². The van der Waals surface area contributed by atoms with E-state index >= 15 is 0 Å². The molecule has 0 aliphatic heterocycles. The largest absolute Gasteiger partial charge is 0.497 e. The van der Waals surface area contributed by atoms with Crippen LogP contribution in [0.4, 0.5) is 10.3 Å². The molecule has 4 aromatic rings. The smallest absolute Gasteiger partial charge is 0.254 e. The van der Waals surface area contributed by atoms with E-state index in [9.17, 15) is 14.0 Å². The number of carbonyl (C=O) groups is 2. The van der Waals surface area contributed by atoms with Gasteiger partial charge in [0, 0.05) is 41.7 Å². The molecule has 196 valence electrons. The van der Waals surface area contributed by atoms with E-state index in [4.69, 9.17) is 21.1 Å². The number of imidazole rings is 1. The minimum atomic E-state index is -0.450. The first-order valence-corrected chi connectivity index (χ1v) is 12.1. The molecule has 10 heteroatoms. The maximum atomic E-state index is 13.5. The minimum absolute atomic E-state index is 0.207. The Balaban J connectivity index is 1.61. The van der Waals surface area contributed by atoms with Gasteiger partial charge in [0.2, 0.25) is 11.9 Å². The summed E-state index contributed by atoms with van der Waals surface area (Å²) in [7, 11) is 3.10. The molecule has 0 radical (unpaired) electrons. The lowest BCUT2D eigenvalue weighted by Gasteiger charge is -2.22. The Bertz CT molecular complexity index is 1390. The molecule has 1 aromatic heterocycles. The number of benzene rings is 3. The third-order valence-corrected chi connectivity index (χ3v) is 5.98. The number of amides is 2. The summed E-state index contributed by atoms with van der Waals surface area (Å²) in [4.78, 5) is 32.2. The Kier molecular flexibility index (Phi) is 8.73. The van der Waals surface area contributed by atoms with E-state index in [2.05, 4.69) is 10.3 Å². The molecule has 8 nitrogen and oxygen atoms in total. The molecule has 0 fully saturated rings. The molecule has 0 aliphatic rings. The van der Waals surface area contributed by atoms with Gasteiger partial charge in [0.15, 0.2) is 0 Å². The molecule has 0 aliphatic carbocycles. The van der Waals surface area contributed by atoms with Crippen LogP contribution in [0.15, 0.2) is 79.0 Å². The number of rotatable bonds is 10. The molecule has 2 amide bonds. The van der Waals surface area contributed by atoms with E-state index in [0.717, 1.165) is 5.69 Å². The third kappa shape index (κ3) is 6.56. The highest BCUT2D eigenvalue weighted by atomic mass is 35.5. The van der Waals surface area contributed by atoms with Crippen LogP contribution in [0.25, 0.3) is 16.9 Å². The molecule has 0 atom stereocenters. The minimum Gasteiger partial charge on any atom is -0.497 e. The highest BCUT2D eigenvalue weighted by molar-refractivity contribution is 6.30. The summed E-state index contributed by atoms with van der Waals surface area (Å²) in [5.41, 5.74) is 2.32. The summed E-state index contributed by atoms with van der Waals surface area (Å²) in [6.07, 6.45) is 1.74. The van der Waals surface area contributed by atoms with Crippen molar-refractivity contribution in [2.75, 3.05) is 39.2 Å². The van der Waals surface area contributed by atoms with E-state index in [1.165, 1.54) is 24.1 Å². The highest BCUT2D eigenvalue weighted by Crippen LogP contribution is 2.26. The number of anilines is 1. The van der Waals surface area contributed by atoms with Crippen molar-refractivity contribution in [3.8, 4) is 22.7 Å². The average Bonchev–Trinajstić information content (AvgIpc) is 3.35. The van der Waals surface area contributed by atoms with Crippen molar-refractivity contribution < 1.29 is 23.5 Å². The summed E-state index contributed by atoms with van der Waals surface area (Å²) in [6.45, 7) is 0.229. The average molecular weight is 537 g/mol. The molecule has 1 N–H and O–H groups in total. The first-order valence-electron chi connectivity index (χ1n) is 11.7. The van der Waals surface area contributed by atoms with Gasteiger partial charge in [0.05, 0.1) is 19.4 Å². The summed E-state index contributed by atoms with van der Waals surface area (Å²) in [5, 5.41) is 3.32. The predicted molar refractivity (Wildman–Crippen MR) is 143 cm³/mol. The van der Waals surface area contributed by atoms with E-state index in [1.54, 1.807) is 66.4 Å². The Morgan fingerprint density at radius 1 is 1.00 bits per heavy atom. The molecule has 0 unspecified atom stereocenters. The first-order chi connectivity index (χ1) is 18.4. The zero-order valence-corrected chi connectivity index (χ0v) is 21.6. The Labute approximate surface area is 224 Å². The van der Waals surface area contributed by atoms with Gasteiger partial charge in [-0.15, -0.1) is 0 Å². The topological polar surface area (TPSA) is 85.7 Å². The summed E-state index contributed by atoms with van der Waals surface area (Å²) in [5.74, 6) is -0.231. The van der Waals surface area contributed by atoms with Crippen LogP contribution in [0, 0.1) is 5.82 Å². The number of carbonyl (C=O) groups excluding carboxylic acids is 2. The predicted octanol–water partition coefficient (Wildman–Crippen LogP) is 5.07. The number of hydrogen-bond donors (Lipinski definition) is 1. The second-order valence-electron chi connectivity index (χ2n) is 8.30. The first kappa shape index (κ1) is 26.8. The van der Waals surface area contributed by atoms with Crippen LogP contribution in [-0.4, -0.2) is 60.2 Å². The number of methoxy groups -OCH3 is 2. The van der Waals surface area contributed by atoms with Crippen molar-refractivity contribution >= 4 is 29.4 Å². The lowest BCUT2D eigenvalue weighted by molar-refractivity contribution is -0.117. The van der Waals surface area contributed by atoms with E-state index in [0.29, 0.717) is 27.6 Å². The van der Waals surface area contributed by atoms with Crippen molar-refractivity contribution in [3.63, 3.8) is 0 Å². The van der Waals surface area contributed by atoms with Gasteiger partial charge >= 0.3 is 0 Å². The van der Waals surface area contributed by atoms with Crippen LogP contribution in [0.5, 0.6) is 5.75 Å². The van der Waals surface area contributed by atoms with Crippen LogP contribution in [0.3, 0.4) is 0 Å². The van der Waals surface area contributed by atoms with E-state index in [1.807, 2.05) is 12.1 Å². The molecule has 38 heavy (non-hydrogen) atoms. The van der Waals surface area contributed by atoms with Gasteiger partial charge in [-0.25, -0.2) is 9.37 Å². The van der Waals surface area contributed by atoms with Crippen molar-refractivity contribution in [1.29, 1.82) is 0 Å². The van der Waals surface area contributed by atoms with Gasteiger partial charge < -0.3 is 14.4 Å². The van der Waals surface area contributed by atoms with Gasteiger partial charge in [0.1, 0.15) is 18.1 Å². The zero-order chi connectivity index (χ0) is 27.1. The number of nitrogens with zero attached hydrogens (tertiary/aromatic N) is 3. The van der Waals surface area contributed by atoms with Crippen molar-refractivity contribution in [3.05, 3.63) is 95.4 Å². The summed E-state index contributed by atoms with van der Waals surface area (Å²) >= 11 is 5.95. The molecule has 0 spiro atoms. The second kappa shape index (κ2) is 12.4. The second-order valence-corrected chi connectivity index (χ2v) is 8.74. The molecular weight excluding hydrogens is 511 g/mol. The quantitative estimate of drug-likeness (QED) is 0.306.